The standard InChI is InChI=1S/C17H15ClN2O4/c1-24-14-4-2-11-6-7-19(10-12(11)8-14)17(21)15-9-13(20(22)23)3-5-16(15)18/h2-5,8-9H,6-7,10H2,1H3. The molecule has 3 rings (SSSR count). The van der Waals surface area contributed by atoms with Gasteiger partial charge in [-0.1, -0.05) is 17.7 Å². The zero-order chi connectivity index (χ0) is 17.3. The lowest BCUT2D eigenvalue weighted by molar-refractivity contribution is -0.384. The molecule has 0 radical (unpaired) electrons. The maximum absolute atomic E-state index is 12.7. The molecule has 0 aromatic heterocycles. The number of ether oxygens (including phenoxy) is 1. The molecule has 0 saturated carbocycles. The van der Waals surface area contributed by atoms with Crippen molar-refractivity contribution < 1.29 is 14.5 Å². The number of non-ortho nitro benzene ring substituents is 1. The number of rotatable bonds is 3. The molecule has 0 spiro atoms. The first-order chi connectivity index (χ1) is 11.5. The van der Waals surface area contributed by atoms with Crippen molar-refractivity contribution in [1.29, 1.82) is 0 Å². The highest BCUT2D eigenvalue weighted by molar-refractivity contribution is 6.33. The first-order valence-corrected chi connectivity index (χ1v) is 7.76. The van der Waals surface area contributed by atoms with Gasteiger partial charge < -0.3 is 9.64 Å². The Morgan fingerprint density at radius 1 is 1.25 bits per heavy atom. The van der Waals surface area contributed by atoms with E-state index in [2.05, 4.69) is 0 Å². The number of fused-ring (bicyclic) bond motifs is 1. The van der Waals surface area contributed by atoms with Crippen LogP contribution < -0.4 is 4.74 Å². The molecule has 2 aromatic rings. The van der Waals surface area contributed by atoms with Gasteiger partial charge in [0.2, 0.25) is 0 Å². The summed E-state index contributed by atoms with van der Waals surface area (Å²) in [6.07, 6.45) is 0.720. The summed E-state index contributed by atoms with van der Waals surface area (Å²) in [5.41, 5.74) is 2.18. The topological polar surface area (TPSA) is 72.7 Å². The molecule has 1 amide bonds. The van der Waals surface area contributed by atoms with Crippen LogP contribution in [0.5, 0.6) is 5.75 Å². The van der Waals surface area contributed by atoms with Crippen molar-refractivity contribution >= 4 is 23.2 Å². The number of carbonyl (C=O) groups excluding carboxylic acids is 1. The Hall–Kier alpha value is -2.60. The molecule has 0 bridgehead atoms. The van der Waals surface area contributed by atoms with E-state index in [4.69, 9.17) is 16.3 Å². The number of benzene rings is 2. The second-order valence-corrected chi connectivity index (χ2v) is 5.94. The second-order valence-electron chi connectivity index (χ2n) is 5.53. The van der Waals surface area contributed by atoms with Crippen LogP contribution in [-0.2, 0) is 13.0 Å². The van der Waals surface area contributed by atoms with Crippen LogP contribution in [0.1, 0.15) is 21.5 Å². The van der Waals surface area contributed by atoms with Gasteiger partial charge in [-0.25, -0.2) is 0 Å². The molecule has 0 fully saturated rings. The molecular weight excluding hydrogens is 332 g/mol. The molecule has 0 N–H and O–H groups in total. The molecule has 0 atom stereocenters. The molecule has 7 heteroatoms. The summed E-state index contributed by atoms with van der Waals surface area (Å²) in [5.74, 6) is 0.425. The summed E-state index contributed by atoms with van der Waals surface area (Å²) in [6, 6.07) is 9.70. The van der Waals surface area contributed by atoms with Crippen LogP contribution in [-0.4, -0.2) is 29.4 Å². The minimum absolute atomic E-state index is 0.150. The van der Waals surface area contributed by atoms with Crippen LogP contribution in [0, 0.1) is 10.1 Å². The van der Waals surface area contributed by atoms with Crippen LogP contribution >= 0.6 is 11.6 Å². The normalized spacial score (nSPS) is 13.3. The number of methoxy groups -OCH3 is 1. The molecule has 0 aliphatic carbocycles. The fourth-order valence-electron chi connectivity index (χ4n) is 2.79. The van der Waals surface area contributed by atoms with Gasteiger partial charge in [0.25, 0.3) is 11.6 Å². The minimum atomic E-state index is -0.538. The Morgan fingerprint density at radius 3 is 2.75 bits per heavy atom. The maximum Gasteiger partial charge on any atom is 0.270 e. The molecule has 6 nitrogen and oxygen atoms in total. The molecule has 1 aliphatic rings. The highest BCUT2D eigenvalue weighted by Gasteiger charge is 2.25. The van der Waals surface area contributed by atoms with E-state index in [1.165, 1.54) is 23.8 Å². The average Bonchev–Trinajstić information content (AvgIpc) is 2.60. The summed E-state index contributed by atoms with van der Waals surface area (Å²) in [7, 11) is 1.59. The summed E-state index contributed by atoms with van der Waals surface area (Å²) < 4.78 is 5.22. The van der Waals surface area contributed by atoms with Gasteiger partial charge in [-0.3, -0.25) is 14.9 Å². The summed E-state index contributed by atoms with van der Waals surface area (Å²) in [5, 5.41) is 11.1. The maximum atomic E-state index is 12.7. The third-order valence-electron chi connectivity index (χ3n) is 4.10. The van der Waals surface area contributed by atoms with E-state index >= 15 is 0 Å². The molecule has 1 heterocycles. The van der Waals surface area contributed by atoms with Crippen LogP contribution in [0.25, 0.3) is 0 Å². The van der Waals surface area contributed by atoms with Crippen molar-refractivity contribution in [3.63, 3.8) is 0 Å². The summed E-state index contributed by atoms with van der Waals surface area (Å²) in [6.45, 7) is 0.960. The van der Waals surface area contributed by atoms with Gasteiger partial charge in [0, 0.05) is 25.2 Å². The fraction of sp³-hybridized carbons (Fsp3) is 0.235. The SMILES string of the molecule is COc1ccc2c(c1)CN(C(=O)c1cc([N+](=O)[O-])ccc1Cl)CC2. The smallest absolute Gasteiger partial charge is 0.270 e. The van der Waals surface area contributed by atoms with Gasteiger partial charge in [-0.05, 0) is 35.7 Å². The highest BCUT2D eigenvalue weighted by atomic mass is 35.5. The first kappa shape index (κ1) is 16.3. The van der Waals surface area contributed by atoms with Crippen LogP contribution in [0.15, 0.2) is 36.4 Å². The Kier molecular flexibility index (Phi) is 4.40. The van der Waals surface area contributed by atoms with Gasteiger partial charge in [0.1, 0.15) is 5.75 Å². The number of nitro benzene ring substituents is 1. The monoisotopic (exact) mass is 346 g/mol. The lowest BCUT2D eigenvalue weighted by Crippen LogP contribution is -2.36. The number of hydrogen-bond donors (Lipinski definition) is 0. The van der Waals surface area contributed by atoms with Gasteiger partial charge in [0.05, 0.1) is 22.6 Å². The van der Waals surface area contributed by atoms with Gasteiger partial charge in [0.15, 0.2) is 0 Å². The molecule has 2 aromatic carbocycles. The van der Waals surface area contributed by atoms with Gasteiger partial charge >= 0.3 is 0 Å². The molecule has 124 valence electrons. The van der Waals surface area contributed by atoms with Gasteiger partial charge in [-0.2, -0.15) is 0 Å². The number of hydrogen-bond acceptors (Lipinski definition) is 4. The van der Waals surface area contributed by atoms with E-state index in [1.807, 2.05) is 18.2 Å². The van der Waals surface area contributed by atoms with E-state index < -0.39 is 4.92 Å². The molecule has 24 heavy (non-hydrogen) atoms. The van der Waals surface area contributed by atoms with Crippen LogP contribution in [0.3, 0.4) is 0 Å². The Balaban J connectivity index is 1.89. The van der Waals surface area contributed by atoms with Crippen molar-refractivity contribution in [1.82, 2.24) is 4.90 Å². The highest BCUT2D eigenvalue weighted by Crippen LogP contribution is 2.28. The predicted octanol–water partition coefficient (Wildman–Crippen LogP) is 3.46. The van der Waals surface area contributed by atoms with Crippen molar-refractivity contribution in [3.05, 3.63) is 68.2 Å². The Morgan fingerprint density at radius 2 is 2.04 bits per heavy atom. The zero-order valence-electron chi connectivity index (χ0n) is 13.0. The summed E-state index contributed by atoms with van der Waals surface area (Å²) in [4.78, 5) is 24.8. The lowest BCUT2D eigenvalue weighted by Gasteiger charge is -2.29. The first-order valence-electron chi connectivity index (χ1n) is 7.38. The van der Waals surface area contributed by atoms with Crippen LogP contribution in [0.2, 0.25) is 5.02 Å². The van der Waals surface area contributed by atoms with Crippen LogP contribution in [0.4, 0.5) is 5.69 Å². The summed E-state index contributed by atoms with van der Waals surface area (Å²) >= 11 is 6.07. The van der Waals surface area contributed by atoms with Crippen molar-refractivity contribution in [2.24, 2.45) is 0 Å². The zero-order valence-corrected chi connectivity index (χ0v) is 13.7. The fourth-order valence-corrected chi connectivity index (χ4v) is 2.99. The molecular formula is C17H15ClN2O4. The van der Waals surface area contributed by atoms with Crippen molar-refractivity contribution in [2.75, 3.05) is 13.7 Å². The lowest BCUT2D eigenvalue weighted by atomic mass is 9.98. The Labute approximate surface area is 143 Å². The minimum Gasteiger partial charge on any atom is -0.497 e. The predicted molar refractivity (Wildman–Crippen MR) is 89.5 cm³/mol. The van der Waals surface area contributed by atoms with Crippen molar-refractivity contribution in [3.8, 4) is 5.75 Å². The average molecular weight is 347 g/mol. The number of carbonyl (C=O) groups is 1. The van der Waals surface area contributed by atoms with E-state index in [-0.39, 0.29) is 22.2 Å². The van der Waals surface area contributed by atoms with E-state index in [0.717, 1.165) is 17.7 Å². The third kappa shape index (κ3) is 3.05. The number of nitrogens with zero attached hydrogens (tertiary/aromatic N) is 2. The largest absolute Gasteiger partial charge is 0.497 e. The molecule has 0 unspecified atom stereocenters. The molecule has 1 aliphatic heterocycles. The van der Waals surface area contributed by atoms with E-state index in [9.17, 15) is 14.9 Å². The molecule has 0 saturated heterocycles. The third-order valence-corrected chi connectivity index (χ3v) is 4.43. The number of halogens is 1. The van der Waals surface area contributed by atoms with E-state index in [1.54, 1.807) is 12.0 Å². The van der Waals surface area contributed by atoms with E-state index in [0.29, 0.717) is 13.1 Å². The number of nitro groups is 1. The quantitative estimate of drug-likeness (QED) is 0.630. The Bertz CT molecular complexity index is 822. The number of amides is 1. The van der Waals surface area contributed by atoms with Crippen molar-refractivity contribution in [2.45, 2.75) is 13.0 Å². The van der Waals surface area contributed by atoms with Gasteiger partial charge in [-0.15, -0.1) is 0 Å². The second kappa shape index (κ2) is 6.49.